The molecule has 1 atom stereocenters. The van der Waals surface area contributed by atoms with E-state index in [-0.39, 0.29) is 11.7 Å². The van der Waals surface area contributed by atoms with Gasteiger partial charge in [-0.05, 0) is 42.8 Å². The van der Waals surface area contributed by atoms with Gasteiger partial charge >= 0.3 is 0 Å². The highest BCUT2D eigenvalue weighted by molar-refractivity contribution is 6.00. The van der Waals surface area contributed by atoms with Crippen LogP contribution in [0.1, 0.15) is 22.8 Å². The number of halogens is 1. The van der Waals surface area contributed by atoms with Crippen LogP contribution in [0.5, 0.6) is 5.75 Å². The van der Waals surface area contributed by atoms with E-state index in [1.807, 2.05) is 0 Å². The molecule has 2 aromatic carbocycles. The molecule has 0 fully saturated rings. The van der Waals surface area contributed by atoms with E-state index >= 15 is 0 Å². The Bertz CT molecular complexity index is 727. The Morgan fingerprint density at radius 3 is 2.64 bits per heavy atom. The first kappa shape index (κ1) is 14.3. The van der Waals surface area contributed by atoms with Crippen LogP contribution in [0.15, 0.2) is 42.5 Å². The van der Waals surface area contributed by atoms with E-state index in [0.717, 1.165) is 11.8 Å². The van der Waals surface area contributed by atoms with Gasteiger partial charge in [-0.2, -0.15) is 0 Å². The fourth-order valence-electron chi connectivity index (χ4n) is 2.43. The maximum Gasteiger partial charge on any atom is 0.268 e. The van der Waals surface area contributed by atoms with Crippen molar-refractivity contribution in [2.45, 2.75) is 19.6 Å². The van der Waals surface area contributed by atoms with Gasteiger partial charge < -0.3 is 9.64 Å². The maximum atomic E-state index is 13.0. The lowest BCUT2D eigenvalue weighted by Gasteiger charge is -2.33. The summed E-state index contributed by atoms with van der Waals surface area (Å²) in [4.78, 5) is 24.9. The largest absolute Gasteiger partial charge is 0.479 e. The summed E-state index contributed by atoms with van der Waals surface area (Å²) in [6, 6.07) is 10.9. The lowest BCUT2D eigenvalue weighted by Crippen LogP contribution is -2.44. The molecule has 22 heavy (non-hydrogen) atoms. The first-order valence-corrected chi connectivity index (χ1v) is 6.90. The standard InChI is InChI=1S/C17H14FNO3/c1-11-17(21)19(9-12-2-5-14(18)6-3-12)15-8-13(10-20)4-7-16(15)22-11/h2-8,10-11H,9H2,1H3. The van der Waals surface area contributed by atoms with E-state index in [0.29, 0.717) is 23.5 Å². The van der Waals surface area contributed by atoms with E-state index < -0.39 is 6.10 Å². The van der Waals surface area contributed by atoms with Crippen LogP contribution in [0.2, 0.25) is 0 Å². The molecule has 0 aromatic heterocycles. The van der Waals surface area contributed by atoms with Crippen molar-refractivity contribution >= 4 is 17.9 Å². The Labute approximate surface area is 127 Å². The molecular formula is C17H14FNO3. The Morgan fingerprint density at radius 1 is 1.23 bits per heavy atom. The number of ether oxygens (including phenoxy) is 1. The summed E-state index contributed by atoms with van der Waals surface area (Å²) in [5.41, 5.74) is 1.82. The van der Waals surface area contributed by atoms with Gasteiger partial charge in [-0.25, -0.2) is 4.39 Å². The number of rotatable bonds is 3. The average molecular weight is 299 g/mol. The second-order valence-corrected chi connectivity index (χ2v) is 5.16. The van der Waals surface area contributed by atoms with Crippen LogP contribution in [0.25, 0.3) is 0 Å². The summed E-state index contributed by atoms with van der Waals surface area (Å²) >= 11 is 0. The SMILES string of the molecule is CC1Oc2ccc(C=O)cc2N(Cc2ccc(F)cc2)C1=O. The van der Waals surface area contributed by atoms with E-state index in [9.17, 15) is 14.0 Å². The second kappa shape index (κ2) is 5.60. The van der Waals surface area contributed by atoms with Crippen LogP contribution in [0, 0.1) is 5.82 Å². The highest BCUT2D eigenvalue weighted by atomic mass is 19.1. The van der Waals surface area contributed by atoms with Crippen molar-refractivity contribution in [3.63, 3.8) is 0 Å². The molecular weight excluding hydrogens is 285 g/mol. The number of amides is 1. The molecule has 0 aliphatic carbocycles. The third-order valence-electron chi connectivity index (χ3n) is 3.58. The molecule has 0 bridgehead atoms. The Kier molecular flexibility index (Phi) is 3.63. The van der Waals surface area contributed by atoms with Gasteiger partial charge in [0, 0.05) is 5.56 Å². The number of nitrogens with zero attached hydrogens (tertiary/aromatic N) is 1. The molecule has 4 nitrogen and oxygen atoms in total. The monoisotopic (exact) mass is 299 g/mol. The van der Waals surface area contributed by atoms with Crippen molar-refractivity contribution in [1.29, 1.82) is 0 Å². The highest BCUT2D eigenvalue weighted by Gasteiger charge is 2.31. The molecule has 1 unspecified atom stereocenters. The van der Waals surface area contributed by atoms with Gasteiger partial charge in [-0.15, -0.1) is 0 Å². The quantitative estimate of drug-likeness (QED) is 0.819. The molecule has 2 aromatic rings. The number of carbonyl (C=O) groups is 2. The fourth-order valence-corrected chi connectivity index (χ4v) is 2.43. The normalized spacial score (nSPS) is 16.9. The maximum absolute atomic E-state index is 13.0. The minimum absolute atomic E-state index is 0.195. The molecule has 112 valence electrons. The van der Waals surface area contributed by atoms with Gasteiger partial charge in [0.05, 0.1) is 12.2 Å². The summed E-state index contributed by atoms with van der Waals surface area (Å²) in [5.74, 6) is 0.0359. The number of aldehydes is 1. The summed E-state index contributed by atoms with van der Waals surface area (Å²) in [5, 5.41) is 0. The third kappa shape index (κ3) is 2.57. The zero-order chi connectivity index (χ0) is 15.7. The van der Waals surface area contributed by atoms with Gasteiger partial charge in [0.1, 0.15) is 17.9 Å². The summed E-state index contributed by atoms with van der Waals surface area (Å²) in [7, 11) is 0. The number of anilines is 1. The Hall–Kier alpha value is -2.69. The topological polar surface area (TPSA) is 46.6 Å². The predicted octanol–water partition coefficient (Wildman–Crippen LogP) is 2.95. The van der Waals surface area contributed by atoms with Crippen LogP contribution in [-0.4, -0.2) is 18.3 Å². The zero-order valence-corrected chi connectivity index (χ0v) is 12.0. The first-order chi connectivity index (χ1) is 10.6. The molecule has 5 heteroatoms. The molecule has 3 rings (SSSR count). The zero-order valence-electron chi connectivity index (χ0n) is 12.0. The number of hydrogen-bond donors (Lipinski definition) is 0. The number of hydrogen-bond acceptors (Lipinski definition) is 3. The van der Waals surface area contributed by atoms with Gasteiger partial charge in [0.15, 0.2) is 6.10 Å². The van der Waals surface area contributed by atoms with E-state index in [4.69, 9.17) is 4.74 Å². The van der Waals surface area contributed by atoms with E-state index in [1.54, 1.807) is 42.2 Å². The van der Waals surface area contributed by atoms with Gasteiger partial charge in [-0.1, -0.05) is 12.1 Å². The lowest BCUT2D eigenvalue weighted by molar-refractivity contribution is -0.125. The fraction of sp³-hybridized carbons (Fsp3) is 0.176. The molecule has 0 spiro atoms. The van der Waals surface area contributed by atoms with Gasteiger partial charge in [0.25, 0.3) is 5.91 Å². The number of fused-ring (bicyclic) bond motifs is 1. The summed E-state index contributed by atoms with van der Waals surface area (Å²) < 4.78 is 18.6. The first-order valence-electron chi connectivity index (χ1n) is 6.90. The lowest BCUT2D eigenvalue weighted by atomic mass is 10.1. The smallest absolute Gasteiger partial charge is 0.268 e. The minimum Gasteiger partial charge on any atom is -0.479 e. The van der Waals surface area contributed by atoms with Crippen molar-refractivity contribution < 1.29 is 18.7 Å². The van der Waals surface area contributed by atoms with Crippen LogP contribution in [0.3, 0.4) is 0 Å². The van der Waals surface area contributed by atoms with Crippen LogP contribution in [0.4, 0.5) is 10.1 Å². The molecule has 1 aliphatic heterocycles. The molecule has 0 N–H and O–H groups in total. The minimum atomic E-state index is -0.602. The van der Waals surface area contributed by atoms with Crippen LogP contribution in [-0.2, 0) is 11.3 Å². The van der Waals surface area contributed by atoms with Gasteiger partial charge in [-0.3, -0.25) is 9.59 Å². The molecule has 0 radical (unpaired) electrons. The van der Waals surface area contributed by atoms with Crippen molar-refractivity contribution in [3.05, 3.63) is 59.4 Å². The average Bonchev–Trinajstić information content (AvgIpc) is 2.53. The third-order valence-corrected chi connectivity index (χ3v) is 3.58. The van der Waals surface area contributed by atoms with Gasteiger partial charge in [0.2, 0.25) is 0 Å². The second-order valence-electron chi connectivity index (χ2n) is 5.16. The van der Waals surface area contributed by atoms with Crippen LogP contribution < -0.4 is 9.64 Å². The van der Waals surface area contributed by atoms with Crippen molar-refractivity contribution in [2.24, 2.45) is 0 Å². The molecule has 1 amide bonds. The van der Waals surface area contributed by atoms with E-state index in [1.165, 1.54) is 12.1 Å². The van der Waals surface area contributed by atoms with E-state index in [2.05, 4.69) is 0 Å². The number of benzene rings is 2. The number of carbonyl (C=O) groups excluding carboxylic acids is 2. The Morgan fingerprint density at radius 2 is 1.95 bits per heavy atom. The van der Waals surface area contributed by atoms with Crippen molar-refractivity contribution in [3.8, 4) is 5.75 Å². The molecule has 1 heterocycles. The van der Waals surface area contributed by atoms with Crippen molar-refractivity contribution in [1.82, 2.24) is 0 Å². The summed E-state index contributed by atoms with van der Waals surface area (Å²) in [6.07, 6.45) is 0.119. The summed E-state index contributed by atoms with van der Waals surface area (Å²) in [6.45, 7) is 1.97. The molecule has 0 saturated carbocycles. The highest BCUT2D eigenvalue weighted by Crippen LogP contribution is 2.35. The predicted molar refractivity (Wildman–Crippen MR) is 79.5 cm³/mol. The molecule has 1 aliphatic rings. The Balaban J connectivity index is 2.00. The van der Waals surface area contributed by atoms with Crippen LogP contribution >= 0.6 is 0 Å². The van der Waals surface area contributed by atoms with Crippen molar-refractivity contribution in [2.75, 3.05) is 4.90 Å². The molecule has 0 saturated heterocycles.